The zero-order valence-corrected chi connectivity index (χ0v) is 18.8. The molecule has 1 aliphatic heterocycles. The number of fused-ring (bicyclic) bond motifs is 1. The predicted molar refractivity (Wildman–Crippen MR) is 121 cm³/mol. The summed E-state index contributed by atoms with van der Waals surface area (Å²) < 4.78 is 28.4. The van der Waals surface area contributed by atoms with Crippen LogP contribution in [0.1, 0.15) is 34.5 Å². The molecule has 2 aromatic heterocycles. The van der Waals surface area contributed by atoms with E-state index >= 15 is 0 Å². The van der Waals surface area contributed by atoms with Crippen LogP contribution in [0.25, 0.3) is 5.65 Å². The molecule has 1 aliphatic rings. The van der Waals surface area contributed by atoms with Gasteiger partial charge in [-0.25, -0.2) is 13.4 Å². The molecule has 0 atom stereocenters. The van der Waals surface area contributed by atoms with Crippen LogP contribution in [0.4, 0.5) is 11.4 Å². The zero-order chi connectivity index (χ0) is 20.1. The molecule has 6 nitrogen and oxygen atoms in total. The molecular weight excluding hydrogens is 408 g/mol. The van der Waals surface area contributed by atoms with Crippen molar-refractivity contribution in [3.8, 4) is 0 Å². The van der Waals surface area contributed by atoms with Gasteiger partial charge in [-0.3, -0.25) is 4.31 Å². The average molecular weight is 435 g/mol. The SMILES string of the molecule is Cc1cccc(C)c1CNc1cc(N2CCCS2(=O)=O)cn2c(C)c(C)nc12.Cl. The smallest absolute Gasteiger partial charge is 0.235 e. The zero-order valence-electron chi connectivity index (χ0n) is 17.2. The van der Waals surface area contributed by atoms with Crippen molar-refractivity contribution in [1.29, 1.82) is 0 Å². The second kappa shape index (κ2) is 7.88. The number of imidazole rings is 1. The van der Waals surface area contributed by atoms with Gasteiger partial charge in [-0.15, -0.1) is 12.4 Å². The molecule has 0 spiro atoms. The minimum Gasteiger partial charge on any atom is -0.378 e. The molecule has 0 aliphatic carbocycles. The van der Waals surface area contributed by atoms with Crippen molar-refractivity contribution in [1.82, 2.24) is 9.38 Å². The molecule has 3 aromatic rings. The number of pyridine rings is 1. The van der Waals surface area contributed by atoms with E-state index in [9.17, 15) is 8.42 Å². The number of hydrogen-bond acceptors (Lipinski definition) is 4. The van der Waals surface area contributed by atoms with Crippen LogP contribution in [0, 0.1) is 27.7 Å². The summed E-state index contributed by atoms with van der Waals surface area (Å²) in [6.45, 7) is 9.39. The molecule has 29 heavy (non-hydrogen) atoms. The summed E-state index contributed by atoms with van der Waals surface area (Å²) in [5.74, 6) is 0.206. The Kier molecular flexibility index (Phi) is 5.83. The Morgan fingerprint density at radius 1 is 1.14 bits per heavy atom. The molecule has 0 bridgehead atoms. The summed E-state index contributed by atoms with van der Waals surface area (Å²) in [7, 11) is -3.24. The van der Waals surface area contributed by atoms with Gasteiger partial charge in [0.1, 0.15) is 0 Å². The Balaban J connectivity index is 0.00000240. The molecule has 1 N–H and O–H groups in total. The van der Waals surface area contributed by atoms with E-state index < -0.39 is 10.0 Å². The molecule has 0 radical (unpaired) electrons. The molecule has 4 rings (SSSR count). The summed E-state index contributed by atoms with van der Waals surface area (Å²) in [6, 6.07) is 8.19. The van der Waals surface area contributed by atoms with Crippen LogP contribution in [-0.4, -0.2) is 30.1 Å². The predicted octanol–water partition coefficient (Wildman–Crippen LogP) is 4.14. The monoisotopic (exact) mass is 434 g/mol. The molecule has 0 amide bonds. The average Bonchev–Trinajstić information content (AvgIpc) is 3.13. The number of benzene rings is 1. The summed E-state index contributed by atoms with van der Waals surface area (Å²) in [6.07, 6.45) is 2.55. The first kappa shape index (κ1) is 21.5. The first-order chi connectivity index (χ1) is 13.3. The number of anilines is 2. The molecule has 0 saturated carbocycles. The second-order valence-corrected chi connectivity index (χ2v) is 9.57. The van der Waals surface area contributed by atoms with Crippen molar-refractivity contribution in [2.75, 3.05) is 21.9 Å². The normalized spacial score (nSPS) is 15.5. The van der Waals surface area contributed by atoms with Gasteiger partial charge in [0.15, 0.2) is 5.65 Å². The third-order valence-electron chi connectivity index (χ3n) is 5.67. The number of rotatable bonds is 4. The van der Waals surface area contributed by atoms with Crippen LogP contribution in [-0.2, 0) is 16.6 Å². The maximum atomic E-state index is 12.4. The number of hydrogen-bond donors (Lipinski definition) is 1. The third-order valence-corrected chi connectivity index (χ3v) is 7.54. The fourth-order valence-electron chi connectivity index (χ4n) is 3.86. The van der Waals surface area contributed by atoms with Crippen LogP contribution in [0.3, 0.4) is 0 Å². The van der Waals surface area contributed by atoms with E-state index in [1.165, 1.54) is 21.0 Å². The maximum Gasteiger partial charge on any atom is 0.235 e. The first-order valence-corrected chi connectivity index (χ1v) is 11.2. The number of aromatic nitrogens is 2. The molecule has 1 saturated heterocycles. The maximum absolute atomic E-state index is 12.4. The quantitative estimate of drug-likeness (QED) is 0.670. The van der Waals surface area contributed by atoms with Gasteiger partial charge in [-0.2, -0.15) is 0 Å². The lowest BCUT2D eigenvalue weighted by Gasteiger charge is -2.20. The van der Waals surface area contributed by atoms with Gasteiger partial charge < -0.3 is 9.72 Å². The van der Waals surface area contributed by atoms with Gasteiger partial charge >= 0.3 is 0 Å². The lowest BCUT2D eigenvalue weighted by Crippen LogP contribution is -2.25. The molecule has 0 unspecified atom stereocenters. The lowest BCUT2D eigenvalue weighted by molar-refractivity contribution is 0.599. The summed E-state index contributed by atoms with van der Waals surface area (Å²) in [5, 5.41) is 3.51. The fraction of sp³-hybridized carbons (Fsp3) is 0.381. The highest BCUT2D eigenvalue weighted by atomic mass is 35.5. The van der Waals surface area contributed by atoms with Crippen molar-refractivity contribution in [2.24, 2.45) is 0 Å². The van der Waals surface area contributed by atoms with E-state index in [4.69, 9.17) is 4.98 Å². The van der Waals surface area contributed by atoms with Gasteiger partial charge in [0.2, 0.25) is 10.0 Å². The fourth-order valence-corrected chi connectivity index (χ4v) is 5.41. The van der Waals surface area contributed by atoms with Gasteiger partial charge in [0.05, 0.1) is 22.8 Å². The van der Waals surface area contributed by atoms with Crippen LogP contribution < -0.4 is 9.62 Å². The number of nitrogens with zero attached hydrogens (tertiary/aromatic N) is 3. The summed E-state index contributed by atoms with van der Waals surface area (Å²) in [5.41, 5.74) is 8.03. The topological polar surface area (TPSA) is 66.7 Å². The largest absolute Gasteiger partial charge is 0.378 e. The van der Waals surface area contributed by atoms with Crippen LogP contribution in [0.5, 0.6) is 0 Å². The second-order valence-electron chi connectivity index (χ2n) is 7.55. The minimum atomic E-state index is -3.24. The number of halogens is 1. The van der Waals surface area contributed by atoms with Crippen molar-refractivity contribution < 1.29 is 8.42 Å². The standard InChI is InChI=1S/C21H26N4O2S.ClH/c1-14-7-5-8-15(2)19(14)12-22-20-11-18(25-9-6-10-28(25,26)27)13-24-17(4)16(3)23-21(20)24;/h5,7-8,11,13,22H,6,9-10,12H2,1-4H3;1H. The molecule has 8 heteroatoms. The van der Waals surface area contributed by atoms with Crippen molar-refractivity contribution in [3.05, 3.63) is 58.5 Å². The van der Waals surface area contributed by atoms with Gasteiger partial charge in [0, 0.05) is 25.0 Å². The molecule has 1 aromatic carbocycles. The molecular formula is C21H27ClN4O2S. The lowest BCUT2D eigenvalue weighted by atomic mass is 10.0. The molecule has 156 valence electrons. The third kappa shape index (κ3) is 3.81. The number of aryl methyl sites for hydroxylation is 4. The van der Waals surface area contributed by atoms with E-state index in [0.29, 0.717) is 25.2 Å². The molecule has 3 heterocycles. The van der Waals surface area contributed by atoms with Crippen molar-refractivity contribution in [3.63, 3.8) is 0 Å². The first-order valence-electron chi connectivity index (χ1n) is 9.56. The molecule has 1 fully saturated rings. The minimum absolute atomic E-state index is 0. The summed E-state index contributed by atoms with van der Waals surface area (Å²) in [4.78, 5) is 4.71. The number of nitrogens with one attached hydrogen (secondary N) is 1. The Labute approximate surface area is 178 Å². The van der Waals surface area contributed by atoms with Gasteiger partial charge in [-0.1, -0.05) is 18.2 Å². The van der Waals surface area contributed by atoms with Crippen LogP contribution in [0.15, 0.2) is 30.5 Å². The Hall–Kier alpha value is -2.25. The van der Waals surface area contributed by atoms with E-state index in [1.807, 2.05) is 30.5 Å². The Morgan fingerprint density at radius 3 is 2.45 bits per heavy atom. The van der Waals surface area contributed by atoms with E-state index in [-0.39, 0.29) is 18.2 Å². The Bertz CT molecular complexity index is 1150. The van der Waals surface area contributed by atoms with Crippen LogP contribution in [0.2, 0.25) is 0 Å². The highest BCUT2D eigenvalue weighted by Crippen LogP contribution is 2.31. The number of sulfonamides is 1. The van der Waals surface area contributed by atoms with E-state index in [2.05, 4.69) is 37.4 Å². The summed E-state index contributed by atoms with van der Waals surface area (Å²) >= 11 is 0. The van der Waals surface area contributed by atoms with E-state index in [1.54, 1.807) is 0 Å². The van der Waals surface area contributed by atoms with Gasteiger partial charge in [0.25, 0.3) is 0 Å². The van der Waals surface area contributed by atoms with E-state index in [0.717, 1.165) is 22.7 Å². The highest BCUT2D eigenvalue weighted by molar-refractivity contribution is 7.93. The van der Waals surface area contributed by atoms with Crippen molar-refractivity contribution in [2.45, 2.75) is 40.7 Å². The van der Waals surface area contributed by atoms with Gasteiger partial charge in [-0.05, 0) is 56.9 Å². The highest BCUT2D eigenvalue weighted by Gasteiger charge is 2.29. The van der Waals surface area contributed by atoms with Crippen molar-refractivity contribution >= 4 is 39.5 Å². The van der Waals surface area contributed by atoms with Crippen LogP contribution >= 0.6 is 12.4 Å². The Morgan fingerprint density at radius 2 is 1.83 bits per heavy atom.